The molecule has 8 heteroatoms. The van der Waals surface area contributed by atoms with Crippen LogP contribution in [0.25, 0.3) is 0 Å². The van der Waals surface area contributed by atoms with Crippen LogP contribution in [0, 0.1) is 0 Å². The molecule has 0 aliphatic carbocycles. The topological polar surface area (TPSA) is 50.8 Å². The van der Waals surface area contributed by atoms with Crippen LogP contribution < -0.4 is 10.1 Å². The summed E-state index contributed by atoms with van der Waals surface area (Å²) in [6.45, 7) is 2.88. The van der Waals surface area contributed by atoms with E-state index in [9.17, 15) is 18.0 Å². The molecule has 2 rings (SSSR count). The largest absolute Gasteiger partial charge is 0.573 e. The van der Waals surface area contributed by atoms with E-state index in [0.717, 1.165) is 12.8 Å². The van der Waals surface area contributed by atoms with E-state index in [1.54, 1.807) is 7.05 Å². The minimum atomic E-state index is -4.71. The van der Waals surface area contributed by atoms with Crippen LogP contribution in [-0.4, -0.2) is 43.1 Å². The Morgan fingerprint density at radius 3 is 2.62 bits per heavy atom. The molecular weight excluding hydrogens is 325 g/mol. The summed E-state index contributed by atoms with van der Waals surface area (Å²) in [5.41, 5.74) is 0.701. The van der Waals surface area contributed by atoms with Gasteiger partial charge in [-0.15, -0.1) is 13.2 Å². The Morgan fingerprint density at radius 2 is 2.08 bits per heavy atom. The van der Waals surface area contributed by atoms with Crippen LogP contribution in [0.5, 0.6) is 5.75 Å². The third kappa shape index (κ3) is 5.59. The number of amides is 2. The Kier molecular flexibility index (Phi) is 5.93. The van der Waals surface area contributed by atoms with E-state index in [0.29, 0.717) is 12.2 Å². The Morgan fingerprint density at radius 1 is 1.42 bits per heavy atom. The van der Waals surface area contributed by atoms with Crippen LogP contribution in [0.4, 0.5) is 18.0 Å². The molecule has 0 unspecified atom stereocenters. The van der Waals surface area contributed by atoms with Crippen LogP contribution in [0.3, 0.4) is 0 Å². The minimum Gasteiger partial charge on any atom is -0.406 e. The Balaban J connectivity index is 1.84. The molecule has 1 aromatic carbocycles. The van der Waals surface area contributed by atoms with Gasteiger partial charge < -0.3 is 19.7 Å². The van der Waals surface area contributed by atoms with E-state index in [1.807, 2.05) is 6.92 Å². The first-order valence-corrected chi connectivity index (χ1v) is 7.72. The fraction of sp³-hybridized carbons (Fsp3) is 0.562. The van der Waals surface area contributed by atoms with Crippen molar-refractivity contribution in [2.24, 2.45) is 0 Å². The van der Waals surface area contributed by atoms with Crippen molar-refractivity contribution in [3.8, 4) is 5.75 Å². The van der Waals surface area contributed by atoms with Crippen LogP contribution in [0.2, 0.25) is 0 Å². The second-order valence-electron chi connectivity index (χ2n) is 5.84. The van der Waals surface area contributed by atoms with Crippen LogP contribution in [0.15, 0.2) is 24.3 Å². The van der Waals surface area contributed by atoms with Crippen LogP contribution >= 0.6 is 0 Å². The first-order valence-electron chi connectivity index (χ1n) is 7.72. The summed E-state index contributed by atoms with van der Waals surface area (Å²) >= 11 is 0. The van der Waals surface area contributed by atoms with Gasteiger partial charge in [0.15, 0.2) is 0 Å². The van der Waals surface area contributed by atoms with E-state index in [4.69, 9.17) is 4.74 Å². The number of rotatable bonds is 5. The van der Waals surface area contributed by atoms with Crippen LogP contribution in [0.1, 0.15) is 25.3 Å². The monoisotopic (exact) mass is 346 g/mol. The van der Waals surface area contributed by atoms with E-state index >= 15 is 0 Å². The normalized spacial score (nSPS) is 19.0. The fourth-order valence-electron chi connectivity index (χ4n) is 2.54. The van der Waals surface area contributed by atoms with Crippen molar-refractivity contribution in [3.05, 3.63) is 29.8 Å². The van der Waals surface area contributed by atoms with Gasteiger partial charge in [0.1, 0.15) is 5.75 Å². The summed E-state index contributed by atoms with van der Waals surface area (Å²) in [7, 11) is 1.62. The molecule has 134 valence electrons. The van der Waals surface area contributed by atoms with Gasteiger partial charge in [-0.2, -0.15) is 0 Å². The highest BCUT2D eigenvalue weighted by molar-refractivity contribution is 5.74. The molecule has 24 heavy (non-hydrogen) atoms. The molecule has 1 N–H and O–H groups in total. The Labute approximate surface area is 138 Å². The number of nitrogens with one attached hydrogen (secondary N) is 1. The van der Waals surface area contributed by atoms with Crippen molar-refractivity contribution >= 4 is 6.03 Å². The highest BCUT2D eigenvalue weighted by atomic mass is 19.4. The van der Waals surface area contributed by atoms with Gasteiger partial charge in [0.2, 0.25) is 0 Å². The maximum atomic E-state index is 12.2. The second kappa shape index (κ2) is 7.74. The van der Waals surface area contributed by atoms with Gasteiger partial charge in [-0.25, -0.2) is 4.79 Å². The van der Waals surface area contributed by atoms with Crippen molar-refractivity contribution in [3.63, 3.8) is 0 Å². The number of nitrogens with zero attached hydrogens (tertiary/aromatic N) is 1. The summed E-state index contributed by atoms with van der Waals surface area (Å²) in [6.07, 6.45) is -2.77. The van der Waals surface area contributed by atoms with Gasteiger partial charge in [0, 0.05) is 20.2 Å². The lowest BCUT2D eigenvalue weighted by atomic mass is 10.1. The smallest absolute Gasteiger partial charge is 0.406 e. The van der Waals surface area contributed by atoms with Crippen molar-refractivity contribution in [1.29, 1.82) is 0 Å². The molecule has 2 atom stereocenters. The number of ether oxygens (including phenoxy) is 2. The quantitative estimate of drug-likeness (QED) is 0.890. The third-order valence-corrected chi connectivity index (χ3v) is 3.80. The highest BCUT2D eigenvalue weighted by Gasteiger charge is 2.31. The molecule has 0 bridgehead atoms. The number of alkyl halides is 3. The molecule has 1 aromatic rings. The standard InChI is InChI=1S/C16H21F3N2O3/c1-11(14-4-3-9-23-14)20-15(22)21(2)10-12-5-7-13(8-6-12)24-16(17,18)19/h5-8,11,14H,3-4,9-10H2,1-2H3,(H,20,22)/t11-,14+/m1/s1. The molecule has 1 aliphatic rings. The van der Waals surface area contributed by atoms with E-state index in [-0.39, 0.29) is 30.5 Å². The zero-order valence-electron chi connectivity index (χ0n) is 13.6. The molecule has 0 aromatic heterocycles. The lowest BCUT2D eigenvalue weighted by Gasteiger charge is -2.24. The first-order chi connectivity index (χ1) is 11.2. The van der Waals surface area contributed by atoms with Crippen molar-refractivity contribution in [1.82, 2.24) is 10.2 Å². The summed E-state index contributed by atoms with van der Waals surface area (Å²) < 4.78 is 45.7. The molecule has 1 fully saturated rings. The lowest BCUT2D eigenvalue weighted by molar-refractivity contribution is -0.274. The fourth-order valence-corrected chi connectivity index (χ4v) is 2.54. The van der Waals surface area contributed by atoms with E-state index in [2.05, 4.69) is 10.1 Å². The maximum Gasteiger partial charge on any atom is 0.573 e. The number of hydrogen-bond acceptors (Lipinski definition) is 3. The van der Waals surface area contributed by atoms with Gasteiger partial charge in [-0.3, -0.25) is 0 Å². The molecule has 0 spiro atoms. The molecule has 0 radical (unpaired) electrons. The Bertz CT molecular complexity index is 542. The van der Waals surface area contributed by atoms with Gasteiger partial charge in [0.25, 0.3) is 0 Å². The Hall–Kier alpha value is -1.96. The zero-order valence-corrected chi connectivity index (χ0v) is 13.6. The average molecular weight is 346 g/mol. The van der Waals surface area contributed by atoms with E-state index < -0.39 is 6.36 Å². The SMILES string of the molecule is C[C@@H](NC(=O)N(C)Cc1ccc(OC(F)(F)F)cc1)[C@@H]1CCCO1. The minimum absolute atomic E-state index is 0.0288. The summed E-state index contributed by atoms with van der Waals surface area (Å²) in [6, 6.07) is 5.09. The molecule has 0 saturated carbocycles. The highest BCUT2D eigenvalue weighted by Crippen LogP contribution is 2.23. The van der Waals surface area contributed by atoms with E-state index in [1.165, 1.54) is 29.2 Å². The molecule has 5 nitrogen and oxygen atoms in total. The van der Waals surface area contributed by atoms with Gasteiger partial charge in [0.05, 0.1) is 12.1 Å². The average Bonchev–Trinajstić information content (AvgIpc) is 3.02. The summed E-state index contributed by atoms with van der Waals surface area (Å²) in [5, 5.41) is 2.87. The predicted octanol–water partition coefficient (Wildman–Crippen LogP) is 3.29. The van der Waals surface area contributed by atoms with Gasteiger partial charge >= 0.3 is 12.4 Å². The van der Waals surface area contributed by atoms with Crippen molar-refractivity contribution in [2.45, 2.75) is 44.8 Å². The summed E-state index contributed by atoms with van der Waals surface area (Å²) in [4.78, 5) is 13.6. The number of benzene rings is 1. The van der Waals surface area contributed by atoms with Crippen molar-refractivity contribution < 1.29 is 27.4 Å². The number of halogens is 3. The predicted molar refractivity (Wildman–Crippen MR) is 81.6 cm³/mol. The third-order valence-electron chi connectivity index (χ3n) is 3.80. The maximum absolute atomic E-state index is 12.2. The van der Waals surface area contributed by atoms with Crippen molar-refractivity contribution in [2.75, 3.05) is 13.7 Å². The molecular formula is C16H21F3N2O3. The number of carbonyl (C=O) groups excluding carboxylic acids is 1. The molecule has 1 aliphatic heterocycles. The lowest BCUT2D eigenvalue weighted by Crippen LogP contribution is -2.46. The van der Waals surface area contributed by atoms with Gasteiger partial charge in [-0.1, -0.05) is 12.1 Å². The van der Waals surface area contributed by atoms with Crippen LogP contribution in [-0.2, 0) is 11.3 Å². The number of urea groups is 1. The zero-order chi connectivity index (χ0) is 17.7. The molecule has 2 amide bonds. The number of hydrogen-bond donors (Lipinski definition) is 1. The summed E-state index contributed by atoms with van der Waals surface area (Å²) in [5.74, 6) is -0.287. The van der Waals surface area contributed by atoms with Gasteiger partial charge in [-0.05, 0) is 37.5 Å². The molecule has 1 heterocycles. The second-order valence-corrected chi connectivity index (χ2v) is 5.84. The first kappa shape index (κ1) is 18.4. The molecule has 1 saturated heterocycles. The number of carbonyl (C=O) groups is 1.